The summed E-state index contributed by atoms with van der Waals surface area (Å²) in [6, 6.07) is 9.36. The number of benzene rings is 1. The number of aromatic nitrogens is 3. The molecular formula is C22H32N6O. The number of nitrogens with zero attached hydrogens (tertiary/aromatic N) is 4. The van der Waals surface area contributed by atoms with Crippen LogP contribution in [0.5, 0.6) is 0 Å². The minimum absolute atomic E-state index is 0.161. The Morgan fingerprint density at radius 2 is 1.97 bits per heavy atom. The second-order valence-electron chi connectivity index (χ2n) is 8.33. The fourth-order valence-electron chi connectivity index (χ4n) is 4.39. The molecule has 0 bridgehead atoms. The molecule has 7 nitrogen and oxygen atoms in total. The molecule has 29 heavy (non-hydrogen) atoms. The summed E-state index contributed by atoms with van der Waals surface area (Å²) in [6.07, 6.45) is 7.70. The van der Waals surface area contributed by atoms with Gasteiger partial charge in [0.2, 0.25) is 0 Å². The molecule has 2 fully saturated rings. The molecule has 2 aliphatic rings. The zero-order valence-electron chi connectivity index (χ0n) is 17.3. The largest absolute Gasteiger partial charge is 0.347 e. The quantitative estimate of drug-likeness (QED) is 0.785. The van der Waals surface area contributed by atoms with Crippen LogP contribution in [-0.4, -0.2) is 51.5 Å². The summed E-state index contributed by atoms with van der Waals surface area (Å²) in [4.78, 5) is 15.2. The van der Waals surface area contributed by atoms with Crippen LogP contribution in [0.1, 0.15) is 66.7 Å². The lowest BCUT2D eigenvalue weighted by atomic mass is 10.0. The summed E-state index contributed by atoms with van der Waals surface area (Å²) in [5.74, 6) is -0.161. The zero-order valence-corrected chi connectivity index (χ0v) is 17.3. The third-order valence-electron chi connectivity index (χ3n) is 6.30. The average molecular weight is 397 g/mol. The molecule has 4 rings (SSSR count). The van der Waals surface area contributed by atoms with Gasteiger partial charge in [0.25, 0.3) is 5.91 Å². The second kappa shape index (κ2) is 9.50. The van der Waals surface area contributed by atoms with Gasteiger partial charge in [0.05, 0.1) is 12.2 Å². The van der Waals surface area contributed by atoms with Crippen LogP contribution < -0.4 is 10.6 Å². The van der Waals surface area contributed by atoms with E-state index in [0.717, 1.165) is 39.0 Å². The Morgan fingerprint density at radius 3 is 2.76 bits per heavy atom. The van der Waals surface area contributed by atoms with Gasteiger partial charge in [-0.3, -0.25) is 9.69 Å². The van der Waals surface area contributed by atoms with E-state index in [0.29, 0.717) is 24.3 Å². The minimum atomic E-state index is -0.161. The maximum atomic E-state index is 12.6. The highest BCUT2D eigenvalue weighted by atomic mass is 16.2. The van der Waals surface area contributed by atoms with Gasteiger partial charge in [-0.1, -0.05) is 35.9 Å². The normalized spacial score (nSPS) is 21.2. The Bertz CT molecular complexity index is 813. The monoisotopic (exact) mass is 396 g/mol. The van der Waals surface area contributed by atoms with E-state index in [1.807, 2.05) is 10.7 Å². The van der Waals surface area contributed by atoms with Crippen molar-refractivity contribution in [1.82, 2.24) is 30.5 Å². The average Bonchev–Trinajstić information content (AvgIpc) is 3.26. The number of carbonyl (C=O) groups excluding carboxylic acids is 1. The first-order valence-electron chi connectivity index (χ1n) is 10.9. The van der Waals surface area contributed by atoms with Crippen molar-refractivity contribution in [3.8, 4) is 0 Å². The number of rotatable bonds is 6. The summed E-state index contributed by atoms with van der Waals surface area (Å²) in [6.45, 7) is 6.89. The van der Waals surface area contributed by atoms with Crippen LogP contribution in [0, 0.1) is 0 Å². The minimum Gasteiger partial charge on any atom is -0.347 e. The molecule has 1 aromatic carbocycles. The van der Waals surface area contributed by atoms with Gasteiger partial charge in [-0.25, -0.2) is 4.68 Å². The topological polar surface area (TPSA) is 75.1 Å². The molecule has 0 unspecified atom stereocenters. The van der Waals surface area contributed by atoms with Crippen molar-refractivity contribution in [3.63, 3.8) is 0 Å². The molecule has 156 valence electrons. The number of carbonyl (C=O) groups is 1. The first-order valence-corrected chi connectivity index (χ1v) is 10.9. The zero-order chi connectivity index (χ0) is 20.1. The van der Waals surface area contributed by atoms with Crippen LogP contribution in [-0.2, 0) is 13.1 Å². The fourth-order valence-corrected chi connectivity index (χ4v) is 4.39. The number of likely N-dealkylation sites (tertiary alicyclic amines) is 1. The Morgan fingerprint density at radius 1 is 1.17 bits per heavy atom. The smallest absolute Gasteiger partial charge is 0.273 e. The van der Waals surface area contributed by atoms with Gasteiger partial charge in [0.1, 0.15) is 0 Å². The van der Waals surface area contributed by atoms with Gasteiger partial charge in [-0.15, -0.1) is 5.10 Å². The number of hydrogen-bond donors (Lipinski definition) is 2. The highest BCUT2D eigenvalue weighted by molar-refractivity contribution is 5.91. The lowest BCUT2D eigenvalue weighted by Gasteiger charge is -2.33. The second-order valence-corrected chi connectivity index (χ2v) is 8.33. The van der Waals surface area contributed by atoms with Gasteiger partial charge >= 0.3 is 0 Å². The first kappa shape index (κ1) is 20.0. The highest BCUT2D eigenvalue weighted by Gasteiger charge is 2.20. The number of amides is 1. The molecule has 1 atom stereocenters. The van der Waals surface area contributed by atoms with E-state index in [4.69, 9.17) is 0 Å². The van der Waals surface area contributed by atoms with Crippen LogP contribution in [0.2, 0.25) is 0 Å². The van der Waals surface area contributed by atoms with E-state index in [1.165, 1.54) is 30.4 Å². The van der Waals surface area contributed by atoms with E-state index in [-0.39, 0.29) is 5.91 Å². The first-order chi connectivity index (χ1) is 14.2. The molecule has 1 amide bonds. The van der Waals surface area contributed by atoms with Crippen LogP contribution in [0.4, 0.5) is 0 Å². The molecule has 0 saturated carbocycles. The number of piperidine rings is 2. The number of hydrogen-bond acceptors (Lipinski definition) is 5. The third kappa shape index (κ3) is 5.03. The van der Waals surface area contributed by atoms with Crippen LogP contribution in [0.3, 0.4) is 0 Å². The van der Waals surface area contributed by atoms with E-state index >= 15 is 0 Å². The van der Waals surface area contributed by atoms with E-state index in [2.05, 4.69) is 51.0 Å². The van der Waals surface area contributed by atoms with Crippen LogP contribution in [0.25, 0.3) is 0 Å². The van der Waals surface area contributed by atoms with Gasteiger partial charge in [0.15, 0.2) is 5.69 Å². The van der Waals surface area contributed by atoms with Gasteiger partial charge in [-0.2, -0.15) is 0 Å². The fraction of sp³-hybridized carbons (Fsp3) is 0.591. The summed E-state index contributed by atoms with van der Waals surface area (Å²) in [7, 11) is 0. The van der Waals surface area contributed by atoms with Crippen molar-refractivity contribution in [2.24, 2.45) is 0 Å². The SMILES string of the molecule is C[C@H]1CCCCN1Cc1ccccc1CNC(=O)c1cn(C2CCNCC2)nn1. The Balaban J connectivity index is 1.36. The van der Waals surface area contributed by atoms with Crippen molar-refractivity contribution < 1.29 is 4.79 Å². The Kier molecular flexibility index (Phi) is 6.56. The molecule has 3 heterocycles. The van der Waals surface area contributed by atoms with E-state index in [1.54, 1.807) is 6.20 Å². The molecule has 0 spiro atoms. The van der Waals surface area contributed by atoms with E-state index < -0.39 is 0 Å². The molecule has 1 aromatic heterocycles. The maximum absolute atomic E-state index is 12.6. The van der Waals surface area contributed by atoms with E-state index in [9.17, 15) is 4.79 Å². The van der Waals surface area contributed by atoms with Gasteiger partial charge in [-0.05, 0) is 63.4 Å². The third-order valence-corrected chi connectivity index (χ3v) is 6.30. The van der Waals surface area contributed by atoms with Crippen molar-refractivity contribution >= 4 is 5.91 Å². The molecule has 7 heteroatoms. The summed E-state index contributed by atoms with van der Waals surface area (Å²) in [5.41, 5.74) is 2.86. The molecule has 2 aliphatic heterocycles. The van der Waals surface area contributed by atoms with Crippen LogP contribution in [0.15, 0.2) is 30.5 Å². The lowest BCUT2D eigenvalue weighted by molar-refractivity contribution is 0.0945. The van der Waals surface area contributed by atoms with Crippen molar-refractivity contribution in [2.45, 2.75) is 64.2 Å². The van der Waals surface area contributed by atoms with Gasteiger partial charge in [0, 0.05) is 19.1 Å². The summed E-state index contributed by atoms with van der Waals surface area (Å²) < 4.78 is 1.85. The molecule has 0 radical (unpaired) electrons. The lowest BCUT2D eigenvalue weighted by Crippen LogP contribution is -2.37. The Labute approximate surface area is 172 Å². The van der Waals surface area contributed by atoms with Crippen LogP contribution >= 0.6 is 0 Å². The van der Waals surface area contributed by atoms with Gasteiger partial charge < -0.3 is 10.6 Å². The van der Waals surface area contributed by atoms with Crippen molar-refractivity contribution in [2.75, 3.05) is 19.6 Å². The predicted molar refractivity (Wildman–Crippen MR) is 112 cm³/mol. The Hall–Kier alpha value is -2.25. The maximum Gasteiger partial charge on any atom is 0.273 e. The standard InChI is InChI=1S/C22H32N6O/c1-17-6-4-5-13-27(17)15-19-8-3-2-7-18(19)14-24-22(29)21-16-28(26-25-21)20-9-11-23-12-10-20/h2-3,7-8,16-17,20,23H,4-6,9-15H2,1H3,(H,24,29)/t17-/m0/s1. The summed E-state index contributed by atoms with van der Waals surface area (Å²) in [5, 5.41) is 14.7. The molecule has 0 aliphatic carbocycles. The summed E-state index contributed by atoms with van der Waals surface area (Å²) >= 11 is 0. The van der Waals surface area contributed by atoms with Crippen molar-refractivity contribution in [3.05, 3.63) is 47.3 Å². The van der Waals surface area contributed by atoms with Crippen molar-refractivity contribution in [1.29, 1.82) is 0 Å². The number of nitrogens with one attached hydrogen (secondary N) is 2. The molecule has 2 N–H and O–H groups in total. The highest BCUT2D eigenvalue weighted by Crippen LogP contribution is 2.21. The molecule has 2 aromatic rings. The molecule has 2 saturated heterocycles. The predicted octanol–water partition coefficient (Wildman–Crippen LogP) is 2.51. The molecular weight excluding hydrogens is 364 g/mol.